The fraction of sp³-hybridized carbons (Fsp3) is 1.00. The minimum Gasteiger partial charge on any atom is -0.305 e. The average Bonchev–Trinajstić information content (AvgIpc) is 2.30. The van der Waals surface area contributed by atoms with Gasteiger partial charge in [0.1, 0.15) is 0 Å². The Morgan fingerprint density at radius 3 is 2.62 bits per heavy atom. The Kier molecular flexibility index (Phi) is 2.65. The topological polar surface area (TPSA) is 15.3 Å². The second kappa shape index (κ2) is 3.49. The lowest BCUT2D eigenvalue weighted by Gasteiger charge is -2.46. The van der Waals surface area contributed by atoms with Gasteiger partial charge in [0, 0.05) is 19.1 Å². The Bertz CT molecular complexity index is 187. The normalized spacial score (nSPS) is 32.8. The zero-order chi connectivity index (χ0) is 9.47. The maximum absolute atomic E-state index is 3.73. The smallest absolute Gasteiger partial charge is 0.0110 e. The van der Waals surface area contributed by atoms with E-state index in [1.807, 2.05) is 0 Å². The second-order valence-corrected chi connectivity index (χ2v) is 7.18. The highest BCUT2D eigenvalue weighted by Gasteiger charge is 2.46. The minimum absolute atomic E-state index is 0.0915. The van der Waals surface area contributed by atoms with Crippen molar-refractivity contribution < 1.29 is 0 Å². The molecule has 1 spiro atoms. The summed E-state index contributed by atoms with van der Waals surface area (Å²) < 4.78 is 0. The van der Waals surface area contributed by atoms with Gasteiger partial charge in [0.2, 0.25) is 0 Å². The van der Waals surface area contributed by atoms with Crippen molar-refractivity contribution >= 4 is 8.07 Å². The molecule has 0 bridgehead atoms. The van der Waals surface area contributed by atoms with Gasteiger partial charge in [-0.1, -0.05) is 0 Å². The lowest BCUT2D eigenvalue weighted by molar-refractivity contribution is 0.0274. The van der Waals surface area contributed by atoms with Gasteiger partial charge in [-0.15, -0.1) is 0 Å². The molecule has 1 aliphatic heterocycles. The Morgan fingerprint density at radius 1 is 1.38 bits per heavy atom. The molecule has 0 aromatic heterocycles. The summed E-state index contributed by atoms with van der Waals surface area (Å²) in [6.45, 7) is 7.31. The van der Waals surface area contributed by atoms with Gasteiger partial charge in [-0.2, -0.15) is 0 Å². The summed E-state index contributed by atoms with van der Waals surface area (Å²) in [5.41, 5.74) is 0.720. The van der Waals surface area contributed by atoms with Crippen LogP contribution in [0.1, 0.15) is 19.3 Å². The van der Waals surface area contributed by atoms with Crippen molar-refractivity contribution in [3.63, 3.8) is 0 Å². The predicted molar refractivity (Wildman–Crippen MR) is 59.5 cm³/mol. The Labute approximate surface area is 82.9 Å². The van der Waals surface area contributed by atoms with E-state index in [-0.39, 0.29) is 8.07 Å². The maximum atomic E-state index is 3.73. The molecule has 0 aromatic carbocycles. The molecule has 0 radical (unpaired) electrons. The predicted octanol–water partition coefficient (Wildman–Crippen LogP) is 1.72. The van der Waals surface area contributed by atoms with E-state index in [1.54, 1.807) is 0 Å². The molecule has 2 nitrogen and oxygen atoms in total. The molecule has 2 aliphatic rings. The third-order valence-corrected chi connectivity index (χ3v) is 4.24. The zero-order valence-corrected chi connectivity index (χ0v) is 9.90. The van der Waals surface area contributed by atoms with E-state index in [0.29, 0.717) is 0 Å². The molecular weight excluding hydrogens is 179 g/mol. The SMILES string of the molecule is CN1CC2(CCC(NP(C)C)C2)C1. The lowest BCUT2D eigenvalue weighted by atomic mass is 9.78. The summed E-state index contributed by atoms with van der Waals surface area (Å²) >= 11 is 0. The monoisotopic (exact) mass is 200 g/mol. The minimum atomic E-state index is 0.0915. The molecule has 1 atom stereocenters. The molecule has 3 heteroatoms. The first kappa shape index (κ1) is 9.89. The number of likely N-dealkylation sites (tertiary alicyclic amines) is 1. The van der Waals surface area contributed by atoms with Gasteiger partial charge in [-0.05, 0) is 53.1 Å². The molecule has 1 unspecified atom stereocenters. The van der Waals surface area contributed by atoms with Crippen LogP contribution >= 0.6 is 8.07 Å². The van der Waals surface area contributed by atoms with Crippen LogP contribution in [0.5, 0.6) is 0 Å². The Hall–Kier alpha value is 0.350. The van der Waals surface area contributed by atoms with Gasteiger partial charge in [-0.25, -0.2) is 0 Å². The van der Waals surface area contributed by atoms with E-state index in [0.717, 1.165) is 11.5 Å². The molecular formula is C10H21N2P. The second-order valence-electron chi connectivity index (χ2n) is 5.14. The molecule has 1 N–H and O–H groups in total. The highest BCUT2D eigenvalue weighted by Crippen LogP contribution is 2.46. The number of rotatable bonds is 2. The molecule has 0 aromatic rings. The molecule has 1 saturated carbocycles. The van der Waals surface area contributed by atoms with Crippen molar-refractivity contribution in [3.05, 3.63) is 0 Å². The maximum Gasteiger partial charge on any atom is 0.0110 e. The van der Waals surface area contributed by atoms with Crippen LogP contribution in [0.2, 0.25) is 0 Å². The first-order chi connectivity index (χ1) is 6.10. The van der Waals surface area contributed by atoms with Crippen molar-refractivity contribution in [3.8, 4) is 0 Å². The molecule has 13 heavy (non-hydrogen) atoms. The quantitative estimate of drug-likeness (QED) is 0.683. The van der Waals surface area contributed by atoms with Gasteiger partial charge in [0.05, 0.1) is 0 Å². The van der Waals surface area contributed by atoms with Crippen LogP contribution in [0.15, 0.2) is 0 Å². The first-order valence-electron chi connectivity index (χ1n) is 5.22. The fourth-order valence-corrected chi connectivity index (χ4v) is 4.02. The number of hydrogen-bond donors (Lipinski definition) is 1. The highest BCUT2D eigenvalue weighted by molar-refractivity contribution is 7.53. The third kappa shape index (κ3) is 2.06. The average molecular weight is 200 g/mol. The standard InChI is InChI=1S/C10H21N2P/c1-12-7-10(8-12)5-4-9(6-10)11-13(2)3/h9,11H,4-8H2,1-3H3. The Balaban J connectivity index is 1.81. The van der Waals surface area contributed by atoms with E-state index in [4.69, 9.17) is 0 Å². The van der Waals surface area contributed by atoms with Gasteiger partial charge in [0.25, 0.3) is 0 Å². The molecule has 2 fully saturated rings. The van der Waals surface area contributed by atoms with E-state index < -0.39 is 0 Å². The van der Waals surface area contributed by atoms with Crippen LogP contribution < -0.4 is 5.09 Å². The molecule has 1 heterocycles. The van der Waals surface area contributed by atoms with E-state index in [1.165, 1.54) is 32.4 Å². The van der Waals surface area contributed by atoms with E-state index in [2.05, 4.69) is 30.4 Å². The summed E-state index contributed by atoms with van der Waals surface area (Å²) in [5.74, 6) is 0. The largest absolute Gasteiger partial charge is 0.305 e. The number of nitrogens with one attached hydrogen (secondary N) is 1. The molecule has 1 saturated heterocycles. The molecule has 1 aliphatic carbocycles. The first-order valence-corrected chi connectivity index (χ1v) is 7.45. The number of nitrogens with zero attached hydrogens (tertiary/aromatic N) is 1. The van der Waals surface area contributed by atoms with Crippen molar-refractivity contribution in [2.24, 2.45) is 5.41 Å². The van der Waals surface area contributed by atoms with Crippen LogP contribution in [-0.2, 0) is 0 Å². The van der Waals surface area contributed by atoms with E-state index in [9.17, 15) is 0 Å². The zero-order valence-electron chi connectivity index (χ0n) is 9.01. The highest BCUT2D eigenvalue weighted by atomic mass is 31.1. The summed E-state index contributed by atoms with van der Waals surface area (Å²) in [6.07, 6.45) is 4.30. The summed E-state index contributed by atoms with van der Waals surface area (Å²) in [4.78, 5) is 2.45. The lowest BCUT2D eigenvalue weighted by Crippen LogP contribution is -2.53. The summed E-state index contributed by atoms with van der Waals surface area (Å²) in [7, 11) is 2.33. The van der Waals surface area contributed by atoms with Gasteiger partial charge in [0.15, 0.2) is 0 Å². The van der Waals surface area contributed by atoms with Crippen molar-refractivity contribution in [2.45, 2.75) is 25.3 Å². The third-order valence-electron chi connectivity index (χ3n) is 3.35. The van der Waals surface area contributed by atoms with Crippen LogP contribution in [0.3, 0.4) is 0 Å². The van der Waals surface area contributed by atoms with Crippen molar-refractivity contribution in [1.82, 2.24) is 9.99 Å². The molecule has 76 valence electrons. The van der Waals surface area contributed by atoms with Gasteiger partial charge in [-0.3, -0.25) is 5.09 Å². The van der Waals surface area contributed by atoms with Gasteiger partial charge < -0.3 is 4.90 Å². The van der Waals surface area contributed by atoms with E-state index >= 15 is 0 Å². The molecule has 0 amide bonds. The van der Waals surface area contributed by atoms with Crippen molar-refractivity contribution in [2.75, 3.05) is 33.5 Å². The van der Waals surface area contributed by atoms with Crippen LogP contribution in [-0.4, -0.2) is 44.4 Å². The molecule has 2 rings (SSSR count). The van der Waals surface area contributed by atoms with Crippen LogP contribution in [0.25, 0.3) is 0 Å². The van der Waals surface area contributed by atoms with Gasteiger partial charge >= 0.3 is 0 Å². The Morgan fingerprint density at radius 2 is 2.08 bits per heavy atom. The van der Waals surface area contributed by atoms with Crippen LogP contribution in [0, 0.1) is 5.41 Å². The summed E-state index contributed by atoms with van der Waals surface area (Å²) in [5, 5.41) is 3.73. The van der Waals surface area contributed by atoms with Crippen LogP contribution in [0.4, 0.5) is 0 Å². The number of hydrogen-bond acceptors (Lipinski definition) is 2. The fourth-order valence-electron chi connectivity index (χ4n) is 3.07. The summed E-state index contributed by atoms with van der Waals surface area (Å²) in [6, 6.07) is 0.829. The van der Waals surface area contributed by atoms with Crippen molar-refractivity contribution in [1.29, 1.82) is 0 Å².